The lowest BCUT2D eigenvalue weighted by Crippen LogP contribution is -2.06. The molecular formula is C15H12F2O2S. The maximum Gasteiger partial charge on any atom is 0.176 e. The number of benzene rings is 2. The summed E-state index contributed by atoms with van der Waals surface area (Å²) in [5.41, 5.74) is -0.229. The standard InChI is InChI=1S/C15H12F2O2S/c1-19-14-4-2-3-5-15(14)20-9-13(18)11-8-10(16)6-7-12(11)17/h2-8H,9H2,1H3. The molecule has 0 N–H and O–H groups in total. The highest BCUT2D eigenvalue weighted by Gasteiger charge is 2.14. The number of carbonyl (C=O) groups excluding carboxylic acids is 1. The summed E-state index contributed by atoms with van der Waals surface area (Å²) in [5, 5.41) is 0. The summed E-state index contributed by atoms with van der Waals surface area (Å²) in [7, 11) is 1.54. The first-order valence-corrected chi connectivity index (χ1v) is 6.84. The first-order chi connectivity index (χ1) is 9.61. The number of hydrogen-bond donors (Lipinski definition) is 0. The number of para-hydroxylation sites is 1. The lowest BCUT2D eigenvalue weighted by atomic mass is 10.1. The first kappa shape index (κ1) is 14.5. The van der Waals surface area contributed by atoms with Crippen molar-refractivity contribution in [3.63, 3.8) is 0 Å². The summed E-state index contributed by atoms with van der Waals surface area (Å²) in [4.78, 5) is 12.7. The summed E-state index contributed by atoms with van der Waals surface area (Å²) < 4.78 is 31.7. The van der Waals surface area contributed by atoms with Gasteiger partial charge in [-0.3, -0.25) is 4.79 Å². The molecule has 104 valence electrons. The van der Waals surface area contributed by atoms with E-state index >= 15 is 0 Å². The number of rotatable bonds is 5. The molecule has 5 heteroatoms. The first-order valence-electron chi connectivity index (χ1n) is 5.86. The Balaban J connectivity index is 2.11. The van der Waals surface area contributed by atoms with E-state index in [4.69, 9.17) is 4.74 Å². The van der Waals surface area contributed by atoms with E-state index in [2.05, 4.69) is 0 Å². The number of Topliss-reactive ketones (excluding diaryl/α,β-unsaturated/α-hetero) is 1. The monoisotopic (exact) mass is 294 g/mol. The molecule has 0 saturated carbocycles. The van der Waals surface area contributed by atoms with Crippen LogP contribution in [0.1, 0.15) is 10.4 Å². The van der Waals surface area contributed by atoms with Crippen molar-refractivity contribution in [2.24, 2.45) is 0 Å². The minimum Gasteiger partial charge on any atom is -0.496 e. The average molecular weight is 294 g/mol. The summed E-state index contributed by atoms with van der Waals surface area (Å²) in [6.07, 6.45) is 0. The van der Waals surface area contributed by atoms with Crippen LogP contribution in [0.4, 0.5) is 8.78 Å². The molecule has 0 unspecified atom stereocenters. The minimum atomic E-state index is -0.711. The topological polar surface area (TPSA) is 26.3 Å². The summed E-state index contributed by atoms with van der Waals surface area (Å²) in [6, 6.07) is 10.1. The third-order valence-electron chi connectivity index (χ3n) is 2.66. The molecule has 0 aliphatic heterocycles. The van der Waals surface area contributed by atoms with E-state index in [1.807, 2.05) is 12.1 Å². The van der Waals surface area contributed by atoms with E-state index in [1.54, 1.807) is 12.1 Å². The molecule has 2 aromatic carbocycles. The van der Waals surface area contributed by atoms with Crippen LogP contribution in [-0.2, 0) is 0 Å². The van der Waals surface area contributed by atoms with Gasteiger partial charge in [-0.05, 0) is 30.3 Å². The van der Waals surface area contributed by atoms with Gasteiger partial charge in [-0.1, -0.05) is 12.1 Å². The largest absolute Gasteiger partial charge is 0.496 e. The zero-order valence-corrected chi connectivity index (χ0v) is 11.5. The number of ketones is 1. The SMILES string of the molecule is COc1ccccc1SCC(=O)c1cc(F)ccc1F. The number of halogens is 2. The van der Waals surface area contributed by atoms with Gasteiger partial charge in [0.15, 0.2) is 5.78 Å². The molecule has 0 atom stereocenters. The predicted octanol–water partition coefficient (Wildman–Crippen LogP) is 3.95. The van der Waals surface area contributed by atoms with Crippen molar-refractivity contribution in [2.45, 2.75) is 4.90 Å². The second kappa shape index (κ2) is 6.52. The molecule has 2 nitrogen and oxygen atoms in total. The van der Waals surface area contributed by atoms with Gasteiger partial charge >= 0.3 is 0 Å². The van der Waals surface area contributed by atoms with Crippen LogP contribution < -0.4 is 4.74 Å². The van der Waals surface area contributed by atoms with Crippen LogP contribution in [-0.4, -0.2) is 18.6 Å². The fourth-order valence-corrected chi connectivity index (χ4v) is 2.58. The van der Waals surface area contributed by atoms with Gasteiger partial charge in [0.25, 0.3) is 0 Å². The molecule has 2 aromatic rings. The van der Waals surface area contributed by atoms with E-state index in [1.165, 1.54) is 18.9 Å². The number of carbonyl (C=O) groups is 1. The second-order valence-electron chi connectivity index (χ2n) is 3.99. The Kier molecular flexibility index (Phi) is 4.74. The summed E-state index contributed by atoms with van der Waals surface area (Å²) in [5.74, 6) is -1.14. The van der Waals surface area contributed by atoms with Gasteiger partial charge in [-0.25, -0.2) is 8.78 Å². The number of thioether (sulfide) groups is 1. The van der Waals surface area contributed by atoms with Gasteiger partial charge in [0, 0.05) is 4.90 Å². The van der Waals surface area contributed by atoms with Crippen LogP contribution in [0.5, 0.6) is 5.75 Å². The molecule has 0 aliphatic carbocycles. The number of hydrogen-bond acceptors (Lipinski definition) is 3. The highest BCUT2D eigenvalue weighted by atomic mass is 32.2. The van der Waals surface area contributed by atoms with Crippen molar-refractivity contribution in [3.05, 3.63) is 59.7 Å². The van der Waals surface area contributed by atoms with E-state index in [-0.39, 0.29) is 11.3 Å². The number of methoxy groups -OCH3 is 1. The van der Waals surface area contributed by atoms with E-state index in [0.717, 1.165) is 23.1 Å². The summed E-state index contributed by atoms with van der Waals surface area (Å²) >= 11 is 1.23. The Morgan fingerprint density at radius 3 is 2.70 bits per heavy atom. The fraction of sp³-hybridized carbons (Fsp3) is 0.133. The van der Waals surface area contributed by atoms with E-state index in [0.29, 0.717) is 5.75 Å². The average Bonchev–Trinajstić information content (AvgIpc) is 2.47. The molecule has 0 aromatic heterocycles. The molecular weight excluding hydrogens is 282 g/mol. The highest BCUT2D eigenvalue weighted by Crippen LogP contribution is 2.29. The van der Waals surface area contributed by atoms with Gasteiger partial charge in [0.05, 0.1) is 18.4 Å². The molecule has 0 heterocycles. The molecule has 0 aliphatic rings. The maximum atomic E-state index is 13.5. The molecule has 0 radical (unpaired) electrons. The molecule has 0 saturated heterocycles. The normalized spacial score (nSPS) is 10.3. The van der Waals surface area contributed by atoms with Crippen molar-refractivity contribution in [1.29, 1.82) is 0 Å². The molecule has 0 fully saturated rings. The highest BCUT2D eigenvalue weighted by molar-refractivity contribution is 8.00. The molecule has 20 heavy (non-hydrogen) atoms. The summed E-state index contributed by atoms with van der Waals surface area (Å²) in [6.45, 7) is 0. The Bertz CT molecular complexity index is 629. The van der Waals surface area contributed by atoms with E-state index < -0.39 is 17.4 Å². The molecule has 0 amide bonds. The third-order valence-corrected chi connectivity index (χ3v) is 3.71. The Morgan fingerprint density at radius 2 is 1.95 bits per heavy atom. The Morgan fingerprint density at radius 1 is 1.20 bits per heavy atom. The molecule has 0 bridgehead atoms. The predicted molar refractivity (Wildman–Crippen MR) is 74.4 cm³/mol. The van der Waals surface area contributed by atoms with Crippen LogP contribution in [0.15, 0.2) is 47.4 Å². The third kappa shape index (κ3) is 3.36. The fourth-order valence-electron chi connectivity index (χ4n) is 1.67. The van der Waals surface area contributed by atoms with Gasteiger partial charge in [-0.2, -0.15) is 0 Å². The van der Waals surface area contributed by atoms with E-state index in [9.17, 15) is 13.6 Å². The second-order valence-corrected chi connectivity index (χ2v) is 5.00. The number of ether oxygens (including phenoxy) is 1. The van der Waals surface area contributed by atoms with Crippen molar-refractivity contribution >= 4 is 17.5 Å². The van der Waals surface area contributed by atoms with Crippen LogP contribution >= 0.6 is 11.8 Å². The van der Waals surface area contributed by atoms with Crippen molar-refractivity contribution in [1.82, 2.24) is 0 Å². The van der Waals surface area contributed by atoms with Crippen molar-refractivity contribution in [3.8, 4) is 5.75 Å². The van der Waals surface area contributed by atoms with Gasteiger partial charge in [0.2, 0.25) is 0 Å². The zero-order chi connectivity index (χ0) is 14.5. The van der Waals surface area contributed by atoms with Gasteiger partial charge < -0.3 is 4.74 Å². The Labute approximate surface area is 119 Å². The Hall–Kier alpha value is -1.88. The smallest absolute Gasteiger partial charge is 0.176 e. The molecule has 0 spiro atoms. The van der Waals surface area contributed by atoms with Crippen molar-refractivity contribution < 1.29 is 18.3 Å². The molecule has 2 rings (SSSR count). The lowest BCUT2D eigenvalue weighted by molar-refractivity contribution is 0.101. The van der Waals surface area contributed by atoms with Crippen LogP contribution in [0.25, 0.3) is 0 Å². The quantitative estimate of drug-likeness (QED) is 0.617. The van der Waals surface area contributed by atoms with Gasteiger partial charge in [-0.15, -0.1) is 11.8 Å². The minimum absolute atomic E-state index is 0.0146. The van der Waals surface area contributed by atoms with Crippen LogP contribution in [0, 0.1) is 11.6 Å². The zero-order valence-electron chi connectivity index (χ0n) is 10.7. The van der Waals surface area contributed by atoms with Gasteiger partial charge in [0.1, 0.15) is 17.4 Å². The lowest BCUT2D eigenvalue weighted by Gasteiger charge is -2.07. The maximum absolute atomic E-state index is 13.5. The van der Waals surface area contributed by atoms with Crippen LogP contribution in [0.3, 0.4) is 0 Å². The van der Waals surface area contributed by atoms with Crippen molar-refractivity contribution in [2.75, 3.05) is 12.9 Å². The van der Waals surface area contributed by atoms with Crippen LogP contribution in [0.2, 0.25) is 0 Å².